The van der Waals surface area contributed by atoms with E-state index in [1.807, 2.05) is 39.2 Å². The van der Waals surface area contributed by atoms with Crippen molar-refractivity contribution in [2.75, 3.05) is 14.1 Å². The van der Waals surface area contributed by atoms with Crippen LogP contribution in [0, 0.1) is 0 Å². The molecule has 3 rings (SSSR count). The first-order valence-corrected chi connectivity index (χ1v) is 8.29. The lowest BCUT2D eigenvalue weighted by molar-refractivity contribution is 0.100. The molecule has 0 aliphatic carbocycles. The van der Waals surface area contributed by atoms with E-state index in [1.165, 1.54) is 5.56 Å². The van der Waals surface area contributed by atoms with Crippen molar-refractivity contribution in [1.29, 1.82) is 0 Å². The molecule has 1 amide bonds. The van der Waals surface area contributed by atoms with Crippen molar-refractivity contribution in [2.45, 2.75) is 13.5 Å². The highest BCUT2D eigenvalue weighted by Crippen LogP contribution is 2.30. The third-order valence-corrected chi connectivity index (χ3v) is 4.13. The number of benzene rings is 2. The zero-order valence-corrected chi connectivity index (χ0v) is 15.1. The van der Waals surface area contributed by atoms with Crippen LogP contribution >= 0.6 is 0 Å². The van der Waals surface area contributed by atoms with Crippen molar-refractivity contribution >= 4 is 28.2 Å². The largest absolute Gasteiger partial charge is 0.494 e. The van der Waals surface area contributed by atoms with Gasteiger partial charge in [0.15, 0.2) is 5.88 Å². The molecule has 134 valence electrons. The SMILES string of the molecule is CC(=Nc1cccc(CN(C)C)c1)c1c(O)[nH]c2cc(C(N)=O)ccc12. The molecule has 26 heavy (non-hydrogen) atoms. The highest BCUT2D eigenvalue weighted by atomic mass is 16.3. The Hall–Kier alpha value is -3.12. The molecule has 0 radical (unpaired) electrons. The number of hydrogen-bond donors (Lipinski definition) is 3. The van der Waals surface area contributed by atoms with Crippen molar-refractivity contribution in [2.24, 2.45) is 10.7 Å². The van der Waals surface area contributed by atoms with Crippen LogP contribution in [-0.2, 0) is 6.54 Å². The number of aliphatic imine (C=N–C) groups is 1. The van der Waals surface area contributed by atoms with E-state index < -0.39 is 5.91 Å². The molecule has 6 heteroatoms. The van der Waals surface area contributed by atoms with Gasteiger partial charge in [0.25, 0.3) is 0 Å². The summed E-state index contributed by atoms with van der Waals surface area (Å²) in [6.45, 7) is 2.68. The summed E-state index contributed by atoms with van der Waals surface area (Å²) in [6.07, 6.45) is 0. The van der Waals surface area contributed by atoms with Crippen LogP contribution in [0.2, 0.25) is 0 Å². The van der Waals surface area contributed by atoms with Crippen LogP contribution in [0.1, 0.15) is 28.4 Å². The number of nitrogens with zero attached hydrogens (tertiary/aromatic N) is 2. The second-order valence-corrected chi connectivity index (χ2v) is 6.58. The Morgan fingerprint density at radius 2 is 2.00 bits per heavy atom. The van der Waals surface area contributed by atoms with Gasteiger partial charge in [-0.2, -0.15) is 0 Å². The summed E-state index contributed by atoms with van der Waals surface area (Å²) in [6, 6.07) is 13.0. The number of carbonyl (C=O) groups is 1. The number of H-pyrrole nitrogens is 1. The molecule has 0 saturated heterocycles. The first kappa shape index (κ1) is 17.7. The number of carbonyl (C=O) groups excluding carboxylic acids is 1. The zero-order chi connectivity index (χ0) is 18.8. The molecule has 1 heterocycles. The Morgan fingerprint density at radius 1 is 1.23 bits per heavy atom. The van der Waals surface area contributed by atoms with Crippen LogP contribution in [-0.4, -0.2) is 40.7 Å². The first-order valence-electron chi connectivity index (χ1n) is 8.29. The maximum atomic E-state index is 11.3. The number of primary amides is 1. The molecular weight excluding hydrogens is 328 g/mol. The number of rotatable bonds is 5. The third kappa shape index (κ3) is 3.60. The molecule has 6 nitrogen and oxygen atoms in total. The van der Waals surface area contributed by atoms with Gasteiger partial charge in [-0.05, 0) is 50.8 Å². The number of fused-ring (bicyclic) bond motifs is 1. The first-order chi connectivity index (χ1) is 12.3. The van der Waals surface area contributed by atoms with Crippen LogP contribution in [0.25, 0.3) is 10.9 Å². The van der Waals surface area contributed by atoms with Gasteiger partial charge in [-0.1, -0.05) is 18.2 Å². The van der Waals surface area contributed by atoms with E-state index in [2.05, 4.69) is 20.9 Å². The molecule has 0 bridgehead atoms. The van der Waals surface area contributed by atoms with Gasteiger partial charge < -0.3 is 20.7 Å². The van der Waals surface area contributed by atoms with E-state index in [0.717, 1.165) is 17.6 Å². The number of nitrogens with two attached hydrogens (primary N) is 1. The maximum Gasteiger partial charge on any atom is 0.248 e. The Kier molecular flexibility index (Phi) is 4.77. The summed E-state index contributed by atoms with van der Waals surface area (Å²) in [5.74, 6) is -0.488. The van der Waals surface area contributed by atoms with E-state index >= 15 is 0 Å². The Morgan fingerprint density at radius 3 is 2.69 bits per heavy atom. The minimum absolute atomic E-state index is 0.0207. The van der Waals surface area contributed by atoms with Crippen molar-refractivity contribution in [1.82, 2.24) is 9.88 Å². The highest BCUT2D eigenvalue weighted by molar-refractivity contribution is 6.13. The van der Waals surface area contributed by atoms with Crippen molar-refractivity contribution in [3.05, 3.63) is 59.2 Å². The van der Waals surface area contributed by atoms with Crippen molar-refractivity contribution < 1.29 is 9.90 Å². The molecule has 0 aliphatic heterocycles. The number of aromatic nitrogens is 1. The Labute approximate surface area is 152 Å². The average molecular weight is 350 g/mol. The fourth-order valence-corrected chi connectivity index (χ4v) is 3.04. The summed E-state index contributed by atoms with van der Waals surface area (Å²) in [5.41, 5.74) is 9.64. The molecule has 0 fully saturated rings. The van der Waals surface area contributed by atoms with Gasteiger partial charge in [0.2, 0.25) is 5.91 Å². The van der Waals surface area contributed by atoms with E-state index in [9.17, 15) is 9.90 Å². The normalized spacial score (nSPS) is 12.1. The zero-order valence-electron chi connectivity index (χ0n) is 15.1. The van der Waals surface area contributed by atoms with E-state index in [1.54, 1.807) is 18.2 Å². The van der Waals surface area contributed by atoms with E-state index in [0.29, 0.717) is 22.4 Å². The van der Waals surface area contributed by atoms with Crippen LogP contribution in [0.3, 0.4) is 0 Å². The van der Waals surface area contributed by atoms with Gasteiger partial charge in [-0.3, -0.25) is 9.79 Å². The maximum absolute atomic E-state index is 11.3. The van der Waals surface area contributed by atoms with Gasteiger partial charge in [-0.25, -0.2) is 0 Å². The van der Waals surface area contributed by atoms with Crippen LogP contribution < -0.4 is 5.73 Å². The molecule has 0 saturated carbocycles. The Bertz CT molecular complexity index is 1000. The van der Waals surface area contributed by atoms with Crippen molar-refractivity contribution in [3.63, 3.8) is 0 Å². The standard InChI is InChI=1S/C20H22N4O2/c1-12(22-15-6-4-5-13(9-15)11-24(2)3)18-16-8-7-14(19(21)25)10-17(16)23-20(18)26/h4-10,23,26H,11H2,1-3H3,(H2,21,25). The van der Waals surface area contributed by atoms with Crippen molar-refractivity contribution in [3.8, 4) is 5.88 Å². The van der Waals surface area contributed by atoms with E-state index in [4.69, 9.17) is 5.73 Å². The second-order valence-electron chi connectivity index (χ2n) is 6.58. The third-order valence-electron chi connectivity index (χ3n) is 4.13. The number of nitrogens with one attached hydrogen (secondary N) is 1. The summed E-state index contributed by atoms with van der Waals surface area (Å²) in [4.78, 5) is 21.0. The number of aromatic hydroxyl groups is 1. The Balaban J connectivity index is 2.02. The predicted molar refractivity (Wildman–Crippen MR) is 104 cm³/mol. The smallest absolute Gasteiger partial charge is 0.248 e. The van der Waals surface area contributed by atoms with E-state index in [-0.39, 0.29) is 5.88 Å². The average Bonchev–Trinajstić information content (AvgIpc) is 2.89. The lowest BCUT2D eigenvalue weighted by atomic mass is 10.1. The molecular formula is C20H22N4O2. The topological polar surface area (TPSA) is 94.7 Å². The van der Waals surface area contributed by atoms with Gasteiger partial charge in [-0.15, -0.1) is 0 Å². The molecule has 0 unspecified atom stereocenters. The molecule has 0 spiro atoms. The van der Waals surface area contributed by atoms with Crippen LogP contribution in [0.4, 0.5) is 5.69 Å². The monoisotopic (exact) mass is 350 g/mol. The predicted octanol–water partition coefficient (Wildman–Crippen LogP) is 3.17. The van der Waals surface area contributed by atoms with Crippen LogP contribution in [0.15, 0.2) is 47.5 Å². The molecule has 0 atom stereocenters. The molecule has 0 aliphatic rings. The highest BCUT2D eigenvalue weighted by Gasteiger charge is 2.15. The summed E-state index contributed by atoms with van der Waals surface area (Å²) in [5, 5.41) is 11.1. The minimum atomic E-state index is -0.509. The van der Waals surface area contributed by atoms with Gasteiger partial charge in [0.1, 0.15) is 0 Å². The summed E-state index contributed by atoms with van der Waals surface area (Å²) in [7, 11) is 4.04. The van der Waals surface area contributed by atoms with Gasteiger partial charge in [0.05, 0.1) is 17.0 Å². The molecule has 1 aromatic heterocycles. The number of hydrogen-bond acceptors (Lipinski definition) is 4. The quantitative estimate of drug-likeness (QED) is 0.617. The molecule has 2 aromatic carbocycles. The van der Waals surface area contributed by atoms with Gasteiger partial charge in [0, 0.05) is 23.0 Å². The summed E-state index contributed by atoms with van der Waals surface area (Å²) < 4.78 is 0. The lowest BCUT2D eigenvalue weighted by Gasteiger charge is -2.10. The molecule has 4 N–H and O–H groups in total. The second kappa shape index (κ2) is 7.01. The fourth-order valence-electron chi connectivity index (χ4n) is 3.04. The van der Waals surface area contributed by atoms with Crippen LogP contribution in [0.5, 0.6) is 5.88 Å². The molecule has 3 aromatic rings. The lowest BCUT2D eigenvalue weighted by Crippen LogP contribution is -2.10. The minimum Gasteiger partial charge on any atom is -0.494 e. The fraction of sp³-hybridized carbons (Fsp3) is 0.200. The summed E-state index contributed by atoms with van der Waals surface area (Å²) >= 11 is 0. The number of aromatic amines is 1. The number of amides is 1. The van der Waals surface area contributed by atoms with Gasteiger partial charge >= 0.3 is 0 Å².